The molecule has 1 aliphatic heterocycles. The number of hydrogen-bond donors (Lipinski definition) is 1. The average molecular weight is 294 g/mol. The third kappa shape index (κ3) is 2.71. The van der Waals surface area contributed by atoms with Crippen molar-refractivity contribution in [2.75, 3.05) is 18.8 Å². The van der Waals surface area contributed by atoms with Crippen LogP contribution >= 0.6 is 11.8 Å². The van der Waals surface area contributed by atoms with Gasteiger partial charge in [-0.1, -0.05) is 30.3 Å². The van der Waals surface area contributed by atoms with Crippen LogP contribution in [0.25, 0.3) is 21.5 Å². The van der Waals surface area contributed by atoms with Crippen LogP contribution in [-0.2, 0) is 0 Å². The second kappa shape index (κ2) is 5.58. The molecule has 1 fully saturated rings. The Hall–Kier alpha value is -1.71. The first kappa shape index (κ1) is 13.0. The topological polar surface area (TPSA) is 21.3 Å². The molecule has 0 aliphatic carbocycles. The van der Waals surface area contributed by atoms with Crippen molar-refractivity contribution in [3.8, 4) is 5.75 Å². The van der Waals surface area contributed by atoms with Crippen molar-refractivity contribution in [3.05, 3.63) is 54.6 Å². The lowest BCUT2D eigenvalue weighted by Crippen LogP contribution is -2.35. The van der Waals surface area contributed by atoms with Gasteiger partial charge in [0, 0.05) is 24.9 Å². The first-order valence-electron chi connectivity index (χ1n) is 7.22. The van der Waals surface area contributed by atoms with Crippen molar-refractivity contribution < 1.29 is 4.74 Å². The standard InChI is InChI=1S/C18H16NOS/c1-2-4-14-10-16-11-17(20-18-12-19-7-8-21-18)6-5-15(16)9-13(14)3-1/h1-6,9-10,18-19H,7-8,12H2. The van der Waals surface area contributed by atoms with Gasteiger partial charge in [-0.05, 0) is 39.7 Å². The van der Waals surface area contributed by atoms with Gasteiger partial charge in [0.15, 0.2) is 5.44 Å². The summed E-state index contributed by atoms with van der Waals surface area (Å²) in [5.74, 6) is 1.93. The summed E-state index contributed by atoms with van der Waals surface area (Å²) in [6.07, 6.45) is 0. The fourth-order valence-electron chi connectivity index (χ4n) is 2.67. The van der Waals surface area contributed by atoms with Crippen molar-refractivity contribution in [1.82, 2.24) is 5.32 Å². The highest BCUT2D eigenvalue weighted by atomic mass is 32.2. The maximum atomic E-state index is 6.02. The Bertz CT molecular complexity index is 780. The molecule has 1 radical (unpaired) electrons. The van der Waals surface area contributed by atoms with Gasteiger partial charge in [0.1, 0.15) is 5.75 Å². The Morgan fingerprint density at radius 2 is 1.90 bits per heavy atom. The normalized spacial score (nSPS) is 19.0. The van der Waals surface area contributed by atoms with Gasteiger partial charge in [-0.25, -0.2) is 0 Å². The quantitative estimate of drug-likeness (QED) is 0.726. The van der Waals surface area contributed by atoms with Crippen LogP contribution in [0.5, 0.6) is 5.75 Å². The Balaban J connectivity index is 1.69. The molecule has 1 heterocycles. The lowest BCUT2D eigenvalue weighted by molar-refractivity contribution is 0.278. The summed E-state index contributed by atoms with van der Waals surface area (Å²) in [7, 11) is 0. The molecular weight excluding hydrogens is 278 g/mol. The highest BCUT2D eigenvalue weighted by Crippen LogP contribution is 2.27. The van der Waals surface area contributed by atoms with Crippen LogP contribution < -0.4 is 10.1 Å². The third-order valence-electron chi connectivity index (χ3n) is 3.74. The number of rotatable bonds is 2. The van der Waals surface area contributed by atoms with Crippen molar-refractivity contribution >= 4 is 33.3 Å². The van der Waals surface area contributed by atoms with Gasteiger partial charge in [-0.15, -0.1) is 11.8 Å². The molecule has 0 aromatic heterocycles. The smallest absolute Gasteiger partial charge is 0.157 e. The molecular formula is C18H16NOS. The minimum Gasteiger partial charge on any atom is -0.478 e. The number of fused-ring (bicyclic) bond motifs is 2. The maximum Gasteiger partial charge on any atom is 0.157 e. The van der Waals surface area contributed by atoms with Crippen LogP contribution in [0.2, 0.25) is 0 Å². The zero-order valence-corrected chi connectivity index (χ0v) is 12.5. The molecule has 1 atom stereocenters. The molecule has 2 nitrogen and oxygen atoms in total. The van der Waals surface area contributed by atoms with Gasteiger partial charge in [0.05, 0.1) is 0 Å². The molecule has 1 unspecified atom stereocenters. The van der Waals surface area contributed by atoms with Crippen LogP contribution in [0.4, 0.5) is 0 Å². The Morgan fingerprint density at radius 1 is 1.05 bits per heavy atom. The van der Waals surface area contributed by atoms with Gasteiger partial charge in [-0.2, -0.15) is 0 Å². The molecule has 1 saturated heterocycles. The van der Waals surface area contributed by atoms with Gasteiger partial charge < -0.3 is 10.1 Å². The van der Waals surface area contributed by atoms with Crippen LogP contribution in [0.1, 0.15) is 0 Å². The summed E-state index contributed by atoms with van der Waals surface area (Å²) in [6.45, 7) is 1.96. The first-order chi connectivity index (χ1) is 10.4. The van der Waals surface area contributed by atoms with Crippen LogP contribution in [0.15, 0.2) is 48.5 Å². The van der Waals surface area contributed by atoms with Crippen molar-refractivity contribution in [3.63, 3.8) is 0 Å². The second-order valence-electron chi connectivity index (χ2n) is 5.23. The summed E-state index contributed by atoms with van der Waals surface area (Å²) < 4.78 is 6.02. The number of hydrogen-bond acceptors (Lipinski definition) is 3. The zero-order chi connectivity index (χ0) is 14.1. The molecule has 105 valence electrons. The van der Waals surface area contributed by atoms with E-state index in [1.54, 1.807) is 0 Å². The first-order valence-corrected chi connectivity index (χ1v) is 8.27. The largest absolute Gasteiger partial charge is 0.478 e. The van der Waals surface area contributed by atoms with Crippen LogP contribution in [0.3, 0.4) is 0 Å². The lowest BCUT2D eigenvalue weighted by atomic mass is 10.0. The van der Waals surface area contributed by atoms with Crippen molar-refractivity contribution in [1.29, 1.82) is 0 Å². The van der Waals surface area contributed by atoms with Gasteiger partial charge in [0.2, 0.25) is 0 Å². The molecule has 0 spiro atoms. The number of ether oxygens (including phenoxy) is 1. The van der Waals surface area contributed by atoms with Crippen LogP contribution in [0, 0.1) is 6.07 Å². The molecule has 4 rings (SSSR count). The van der Waals surface area contributed by atoms with E-state index in [2.05, 4.69) is 53.8 Å². The molecule has 0 amide bonds. The molecule has 3 heteroatoms. The Kier molecular flexibility index (Phi) is 3.45. The van der Waals surface area contributed by atoms with Crippen LogP contribution in [-0.4, -0.2) is 24.3 Å². The lowest BCUT2D eigenvalue weighted by Gasteiger charge is -2.23. The van der Waals surface area contributed by atoms with Crippen molar-refractivity contribution in [2.45, 2.75) is 5.44 Å². The minimum absolute atomic E-state index is 0.188. The van der Waals surface area contributed by atoms with Gasteiger partial charge in [-0.3, -0.25) is 0 Å². The van der Waals surface area contributed by atoms with E-state index in [0.717, 1.165) is 30.0 Å². The highest BCUT2D eigenvalue weighted by Gasteiger charge is 2.15. The van der Waals surface area contributed by atoms with E-state index in [4.69, 9.17) is 4.74 Å². The maximum absolute atomic E-state index is 6.02. The SMILES string of the molecule is [c]1c(OC2CNCCS2)ccc2cc3ccccc3cc12. The predicted molar refractivity (Wildman–Crippen MR) is 90.0 cm³/mol. The number of thioether (sulfide) groups is 1. The van der Waals surface area contributed by atoms with E-state index in [1.165, 1.54) is 16.2 Å². The van der Waals surface area contributed by atoms with E-state index < -0.39 is 0 Å². The highest BCUT2D eigenvalue weighted by molar-refractivity contribution is 7.99. The molecule has 21 heavy (non-hydrogen) atoms. The monoisotopic (exact) mass is 294 g/mol. The Morgan fingerprint density at radius 3 is 2.71 bits per heavy atom. The summed E-state index contributed by atoms with van der Waals surface area (Å²) >= 11 is 1.86. The average Bonchev–Trinajstić information content (AvgIpc) is 2.54. The number of benzene rings is 3. The van der Waals surface area contributed by atoms with Gasteiger partial charge >= 0.3 is 0 Å². The summed E-state index contributed by atoms with van der Waals surface area (Å²) in [5.41, 5.74) is 0.188. The summed E-state index contributed by atoms with van der Waals surface area (Å²) in [5, 5.41) is 8.18. The molecule has 1 N–H and O–H groups in total. The molecule has 3 aromatic rings. The third-order valence-corrected chi connectivity index (χ3v) is 4.82. The van der Waals surface area contributed by atoms with E-state index in [9.17, 15) is 0 Å². The van der Waals surface area contributed by atoms with E-state index >= 15 is 0 Å². The zero-order valence-electron chi connectivity index (χ0n) is 11.6. The number of nitrogens with one attached hydrogen (secondary N) is 1. The molecule has 0 saturated carbocycles. The fourth-order valence-corrected chi connectivity index (χ4v) is 3.60. The van der Waals surface area contributed by atoms with E-state index in [1.807, 2.05) is 17.8 Å². The fraction of sp³-hybridized carbons (Fsp3) is 0.222. The Labute approximate surface area is 128 Å². The van der Waals surface area contributed by atoms with Gasteiger partial charge in [0.25, 0.3) is 0 Å². The molecule has 3 aromatic carbocycles. The van der Waals surface area contributed by atoms with Crippen molar-refractivity contribution in [2.24, 2.45) is 0 Å². The van der Waals surface area contributed by atoms with E-state index in [-0.39, 0.29) is 5.44 Å². The predicted octanol–water partition coefficient (Wildman–Crippen LogP) is 3.83. The molecule has 1 aliphatic rings. The minimum atomic E-state index is 0.188. The van der Waals surface area contributed by atoms with E-state index in [0.29, 0.717) is 0 Å². The summed E-state index contributed by atoms with van der Waals surface area (Å²) in [4.78, 5) is 0. The second-order valence-corrected chi connectivity index (χ2v) is 6.50. The molecule has 0 bridgehead atoms. The summed E-state index contributed by atoms with van der Waals surface area (Å²) in [6, 6.07) is 20.4.